The monoisotopic (exact) mass is 453 g/mol. The molecule has 0 aromatic heterocycles. The number of aliphatic hydroxyl groups excluding tert-OH is 1. The lowest BCUT2D eigenvalue weighted by Gasteiger charge is -2.01. The lowest BCUT2D eigenvalue weighted by molar-refractivity contribution is -0.118. The zero-order valence-corrected chi connectivity index (χ0v) is 19.7. The molecule has 0 aliphatic carbocycles. The van der Waals surface area contributed by atoms with Gasteiger partial charge in [0.25, 0.3) is 0 Å². The number of carbonyl (C=O) groups is 1. The van der Waals surface area contributed by atoms with Crippen LogP contribution in [0, 0.1) is 0 Å². The van der Waals surface area contributed by atoms with Gasteiger partial charge in [0.1, 0.15) is 5.78 Å². The number of nitrogens with two attached hydrogens (primary N) is 1. The number of ketones is 1. The summed E-state index contributed by atoms with van der Waals surface area (Å²) in [6, 6.07) is 40.0. The molecule has 4 aromatic carbocycles. The van der Waals surface area contributed by atoms with Gasteiger partial charge in [-0.1, -0.05) is 121 Å². The van der Waals surface area contributed by atoms with Crippen molar-refractivity contribution in [1.82, 2.24) is 0 Å². The van der Waals surface area contributed by atoms with E-state index in [4.69, 9.17) is 10.8 Å². The largest absolute Gasteiger partial charge is 0.396 e. The Hall–Kier alpha value is -3.53. The van der Waals surface area contributed by atoms with Crippen molar-refractivity contribution < 1.29 is 9.90 Å². The first kappa shape index (κ1) is 26.7. The molecular weight excluding hydrogens is 418 g/mol. The summed E-state index contributed by atoms with van der Waals surface area (Å²) < 4.78 is 0. The van der Waals surface area contributed by atoms with Crippen molar-refractivity contribution in [1.29, 1.82) is 0 Å². The van der Waals surface area contributed by atoms with Gasteiger partial charge in [-0.3, -0.25) is 4.79 Å². The Morgan fingerprint density at radius 2 is 0.941 bits per heavy atom. The first-order valence-corrected chi connectivity index (χ1v) is 11.7. The van der Waals surface area contributed by atoms with Crippen LogP contribution in [-0.2, 0) is 30.6 Å². The molecule has 4 rings (SSSR count). The van der Waals surface area contributed by atoms with Crippen LogP contribution < -0.4 is 5.73 Å². The smallest absolute Gasteiger partial charge is 0.137 e. The summed E-state index contributed by atoms with van der Waals surface area (Å²) in [7, 11) is 0. The van der Waals surface area contributed by atoms with Crippen LogP contribution in [0.2, 0.25) is 0 Å². The average molecular weight is 454 g/mol. The molecule has 0 saturated heterocycles. The van der Waals surface area contributed by atoms with E-state index in [9.17, 15) is 4.79 Å². The van der Waals surface area contributed by atoms with Gasteiger partial charge in [0.05, 0.1) is 0 Å². The minimum absolute atomic E-state index is 0.240. The summed E-state index contributed by atoms with van der Waals surface area (Å²) in [5.41, 5.74) is 10.1. The summed E-state index contributed by atoms with van der Waals surface area (Å²) in [5.74, 6) is 0.306. The quantitative estimate of drug-likeness (QED) is 0.354. The minimum atomic E-state index is 0.240. The lowest BCUT2D eigenvalue weighted by Crippen LogP contribution is -2.04. The summed E-state index contributed by atoms with van der Waals surface area (Å²) in [6.07, 6.45) is 2.78. The maximum Gasteiger partial charge on any atom is 0.137 e. The molecule has 3 N–H and O–H groups in total. The minimum Gasteiger partial charge on any atom is -0.396 e. The molecule has 0 bridgehead atoms. The summed E-state index contributed by atoms with van der Waals surface area (Å²) in [5, 5.41) is 8.52. The van der Waals surface area contributed by atoms with Crippen LogP contribution in [0.3, 0.4) is 0 Å². The molecule has 0 spiro atoms. The Morgan fingerprint density at radius 1 is 0.559 bits per heavy atom. The maximum absolute atomic E-state index is 11.8. The molecule has 0 radical (unpaired) electrons. The van der Waals surface area contributed by atoms with Gasteiger partial charge in [-0.25, -0.2) is 0 Å². The van der Waals surface area contributed by atoms with Gasteiger partial charge < -0.3 is 10.8 Å². The van der Waals surface area contributed by atoms with E-state index in [0.29, 0.717) is 25.2 Å². The highest BCUT2D eigenvalue weighted by Gasteiger charge is 2.03. The predicted molar refractivity (Wildman–Crippen MR) is 141 cm³/mol. The fourth-order valence-electron chi connectivity index (χ4n) is 3.23. The molecule has 4 aromatic rings. The third-order valence-corrected chi connectivity index (χ3v) is 5.10. The number of hydrogen-bond donors (Lipinski definition) is 2. The Morgan fingerprint density at radius 3 is 1.32 bits per heavy atom. The fraction of sp³-hybridized carbons (Fsp3) is 0.194. The van der Waals surface area contributed by atoms with Crippen LogP contribution in [0.25, 0.3) is 0 Å². The standard InChI is InChI=1S/C16H16O.C8H10O.C7H9N/c17-16(13-15-9-5-2-6-10-15)12-11-14-7-3-1-4-8-14;9-7-6-8-4-2-1-3-5-8;8-6-7-4-2-1-3-5-7/h1-10H,11-13H2;1-5,9H,6-7H2;1-5H,6,8H2. The van der Waals surface area contributed by atoms with Gasteiger partial charge in [0, 0.05) is 26.0 Å². The average Bonchev–Trinajstić information content (AvgIpc) is 2.91. The van der Waals surface area contributed by atoms with E-state index in [0.717, 1.165) is 18.4 Å². The van der Waals surface area contributed by atoms with Crippen molar-refractivity contribution in [2.75, 3.05) is 6.61 Å². The van der Waals surface area contributed by atoms with Crippen molar-refractivity contribution in [3.63, 3.8) is 0 Å². The predicted octanol–water partition coefficient (Wildman–Crippen LogP) is 5.80. The number of aryl methyl sites for hydroxylation is 1. The van der Waals surface area contributed by atoms with E-state index in [1.165, 1.54) is 16.7 Å². The van der Waals surface area contributed by atoms with E-state index in [1.54, 1.807) is 0 Å². The van der Waals surface area contributed by atoms with E-state index in [2.05, 4.69) is 12.1 Å². The summed E-state index contributed by atoms with van der Waals surface area (Å²) in [4.78, 5) is 11.8. The second-order valence-electron chi connectivity index (χ2n) is 7.84. The number of benzene rings is 4. The van der Waals surface area contributed by atoms with E-state index < -0.39 is 0 Å². The van der Waals surface area contributed by atoms with Gasteiger partial charge in [0.2, 0.25) is 0 Å². The zero-order chi connectivity index (χ0) is 24.3. The molecular formula is C31H35NO2. The van der Waals surface area contributed by atoms with Gasteiger partial charge in [-0.05, 0) is 35.1 Å². The van der Waals surface area contributed by atoms with E-state index >= 15 is 0 Å². The third-order valence-electron chi connectivity index (χ3n) is 5.10. The number of hydrogen-bond acceptors (Lipinski definition) is 3. The van der Waals surface area contributed by atoms with Crippen molar-refractivity contribution in [2.24, 2.45) is 5.73 Å². The first-order chi connectivity index (χ1) is 16.7. The van der Waals surface area contributed by atoms with E-state index in [-0.39, 0.29) is 6.61 Å². The molecule has 176 valence electrons. The SMILES string of the molecule is NCc1ccccc1.O=C(CCc1ccccc1)Cc1ccccc1.OCCc1ccccc1. The molecule has 0 saturated carbocycles. The summed E-state index contributed by atoms with van der Waals surface area (Å²) >= 11 is 0. The van der Waals surface area contributed by atoms with Gasteiger partial charge in [-0.15, -0.1) is 0 Å². The fourth-order valence-corrected chi connectivity index (χ4v) is 3.23. The molecule has 3 heteroatoms. The Bertz CT molecular complexity index is 1020. The van der Waals surface area contributed by atoms with Crippen LogP contribution in [0.5, 0.6) is 0 Å². The van der Waals surface area contributed by atoms with Crippen LogP contribution >= 0.6 is 0 Å². The second kappa shape index (κ2) is 17.0. The highest BCUT2D eigenvalue weighted by molar-refractivity contribution is 5.81. The maximum atomic E-state index is 11.8. The van der Waals surface area contributed by atoms with Crippen molar-refractivity contribution in [3.8, 4) is 0 Å². The topological polar surface area (TPSA) is 63.3 Å². The molecule has 0 aliphatic rings. The van der Waals surface area contributed by atoms with Crippen LogP contribution in [0.1, 0.15) is 28.7 Å². The molecule has 0 aliphatic heterocycles. The molecule has 0 amide bonds. The number of Topliss-reactive ketones (excluding diaryl/α,β-unsaturated/α-hetero) is 1. The Labute approximate surface area is 203 Å². The highest BCUT2D eigenvalue weighted by atomic mass is 16.2. The molecule has 0 atom stereocenters. The normalized spacial score (nSPS) is 9.71. The molecule has 0 unspecified atom stereocenters. The van der Waals surface area contributed by atoms with Crippen LogP contribution in [0.15, 0.2) is 121 Å². The lowest BCUT2D eigenvalue weighted by atomic mass is 10.0. The van der Waals surface area contributed by atoms with Gasteiger partial charge >= 0.3 is 0 Å². The van der Waals surface area contributed by atoms with Crippen LogP contribution in [0.4, 0.5) is 0 Å². The van der Waals surface area contributed by atoms with Gasteiger partial charge in [0.15, 0.2) is 0 Å². The second-order valence-corrected chi connectivity index (χ2v) is 7.84. The van der Waals surface area contributed by atoms with Crippen LogP contribution in [-0.4, -0.2) is 17.5 Å². The molecule has 0 heterocycles. The third kappa shape index (κ3) is 11.9. The van der Waals surface area contributed by atoms with E-state index in [1.807, 2.05) is 109 Å². The molecule has 3 nitrogen and oxygen atoms in total. The number of carbonyl (C=O) groups excluding carboxylic acids is 1. The summed E-state index contributed by atoms with van der Waals surface area (Å²) in [6.45, 7) is 0.880. The number of aliphatic hydroxyl groups is 1. The van der Waals surface area contributed by atoms with Crippen molar-refractivity contribution >= 4 is 5.78 Å². The molecule has 34 heavy (non-hydrogen) atoms. The Balaban J connectivity index is 0.000000201. The number of rotatable bonds is 8. The van der Waals surface area contributed by atoms with Gasteiger partial charge in [-0.2, -0.15) is 0 Å². The first-order valence-electron chi connectivity index (χ1n) is 11.7. The Kier molecular flexibility index (Phi) is 13.4. The highest BCUT2D eigenvalue weighted by Crippen LogP contribution is 2.06. The molecule has 0 fully saturated rings. The zero-order valence-electron chi connectivity index (χ0n) is 19.7. The van der Waals surface area contributed by atoms with Crippen molar-refractivity contribution in [3.05, 3.63) is 144 Å². The van der Waals surface area contributed by atoms with Crippen molar-refractivity contribution in [2.45, 2.75) is 32.2 Å².